The van der Waals surface area contributed by atoms with Crippen LogP contribution in [0.5, 0.6) is 0 Å². The molecule has 1 saturated heterocycles. The minimum atomic E-state index is -0.00911. The number of rotatable bonds is 4. The van der Waals surface area contributed by atoms with E-state index in [-0.39, 0.29) is 12.1 Å². The molecule has 2 aromatic rings. The zero-order valence-corrected chi connectivity index (χ0v) is 13.6. The van der Waals surface area contributed by atoms with Crippen LogP contribution in [0.1, 0.15) is 54.7 Å². The molecule has 2 aromatic heterocycles. The number of aryl methyl sites for hydroxylation is 1. The Kier molecular flexibility index (Phi) is 3.87. The third kappa shape index (κ3) is 3.01. The van der Waals surface area contributed by atoms with Crippen molar-refractivity contribution in [3.63, 3.8) is 0 Å². The Balaban J connectivity index is 1.59. The van der Waals surface area contributed by atoms with E-state index < -0.39 is 0 Å². The van der Waals surface area contributed by atoms with Crippen molar-refractivity contribution in [2.75, 3.05) is 13.2 Å². The highest BCUT2D eigenvalue weighted by molar-refractivity contribution is 5.18. The third-order valence-corrected chi connectivity index (χ3v) is 4.72. The maximum atomic E-state index is 5.84. The van der Waals surface area contributed by atoms with Crippen LogP contribution in [0.3, 0.4) is 0 Å². The SMILES string of the molecule is Cc1cccnc1CN1CCO[C@H](C)[C@H]1c1nc(C2CC2)no1. The fourth-order valence-corrected chi connectivity index (χ4v) is 3.17. The van der Waals surface area contributed by atoms with E-state index in [0.29, 0.717) is 18.4 Å². The van der Waals surface area contributed by atoms with Gasteiger partial charge in [0.2, 0.25) is 5.89 Å². The Morgan fingerprint density at radius 3 is 3.00 bits per heavy atom. The van der Waals surface area contributed by atoms with E-state index in [1.807, 2.05) is 12.3 Å². The van der Waals surface area contributed by atoms with E-state index in [1.54, 1.807) is 0 Å². The first kappa shape index (κ1) is 14.8. The summed E-state index contributed by atoms with van der Waals surface area (Å²) in [5.74, 6) is 2.03. The molecule has 0 bridgehead atoms. The van der Waals surface area contributed by atoms with Gasteiger partial charge in [-0.25, -0.2) is 0 Å². The van der Waals surface area contributed by atoms with Crippen LogP contribution in [0.4, 0.5) is 0 Å². The number of hydrogen-bond donors (Lipinski definition) is 0. The highest BCUT2D eigenvalue weighted by Gasteiger charge is 2.37. The van der Waals surface area contributed by atoms with Gasteiger partial charge in [0, 0.05) is 25.2 Å². The molecule has 3 heterocycles. The van der Waals surface area contributed by atoms with E-state index in [2.05, 4.69) is 39.9 Å². The molecule has 0 N–H and O–H groups in total. The van der Waals surface area contributed by atoms with E-state index in [4.69, 9.17) is 9.26 Å². The van der Waals surface area contributed by atoms with Crippen molar-refractivity contribution in [1.82, 2.24) is 20.0 Å². The molecule has 0 spiro atoms. The van der Waals surface area contributed by atoms with Gasteiger partial charge in [0.25, 0.3) is 0 Å². The largest absolute Gasteiger partial charge is 0.375 e. The number of ether oxygens (including phenoxy) is 1. The summed E-state index contributed by atoms with van der Waals surface area (Å²) in [6, 6.07) is 4.06. The summed E-state index contributed by atoms with van der Waals surface area (Å²) in [5, 5.41) is 4.16. The highest BCUT2D eigenvalue weighted by atomic mass is 16.5. The zero-order chi connectivity index (χ0) is 15.8. The maximum absolute atomic E-state index is 5.84. The summed E-state index contributed by atoms with van der Waals surface area (Å²) in [6.45, 7) is 6.49. The molecule has 2 fully saturated rings. The first-order valence-corrected chi connectivity index (χ1v) is 8.32. The van der Waals surface area contributed by atoms with Gasteiger partial charge in [-0.15, -0.1) is 0 Å². The van der Waals surface area contributed by atoms with Gasteiger partial charge in [0.1, 0.15) is 6.04 Å². The lowest BCUT2D eigenvalue weighted by molar-refractivity contribution is -0.0767. The highest BCUT2D eigenvalue weighted by Crippen LogP contribution is 2.39. The lowest BCUT2D eigenvalue weighted by atomic mass is 10.1. The molecule has 0 radical (unpaired) electrons. The van der Waals surface area contributed by atoms with Crippen molar-refractivity contribution < 1.29 is 9.26 Å². The summed E-state index contributed by atoms with van der Waals surface area (Å²) in [5.41, 5.74) is 2.29. The first-order chi connectivity index (χ1) is 11.2. The second-order valence-electron chi connectivity index (χ2n) is 6.52. The molecule has 6 nitrogen and oxygen atoms in total. The second kappa shape index (κ2) is 6.02. The Morgan fingerprint density at radius 1 is 1.35 bits per heavy atom. The predicted octanol–water partition coefficient (Wildman–Crippen LogP) is 2.61. The molecular formula is C17H22N4O2. The fourth-order valence-electron chi connectivity index (χ4n) is 3.17. The Bertz CT molecular complexity index is 683. The topological polar surface area (TPSA) is 64.3 Å². The summed E-state index contributed by atoms with van der Waals surface area (Å²) >= 11 is 0. The van der Waals surface area contributed by atoms with Crippen LogP contribution in [0, 0.1) is 6.92 Å². The van der Waals surface area contributed by atoms with Gasteiger partial charge in [-0.2, -0.15) is 4.98 Å². The summed E-state index contributed by atoms with van der Waals surface area (Å²) < 4.78 is 11.4. The average molecular weight is 314 g/mol. The summed E-state index contributed by atoms with van der Waals surface area (Å²) in [7, 11) is 0. The van der Waals surface area contributed by atoms with Crippen LogP contribution in [-0.4, -0.2) is 39.3 Å². The molecule has 1 aliphatic carbocycles. The van der Waals surface area contributed by atoms with E-state index in [9.17, 15) is 0 Å². The van der Waals surface area contributed by atoms with Crippen LogP contribution in [0.25, 0.3) is 0 Å². The molecule has 0 unspecified atom stereocenters. The lowest BCUT2D eigenvalue weighted by Crippen LogP contribution is -2.44. The van der Waals surface area contributed by atoms with Crippen molar-refractivity contribution in [3.8, 4) is 0 Å². The van der Waals surface area contributed by atoms with Crippen molar-refractivity contribution in [2.45, 2.75) is 51.3 Å². The van der Waals surface area contributed by atoms with Gasteiger partial charge < -0.3 is 9.26 Å². The molecule has 1 saturated carbocycles. The smallest absolute Gasteiger partial charge is 0.246 e. The first-order valence-electron chi connectivity index (χ1n) is 8.32. The van der Waals surface area contributed by atoms with Crippen LogP contribution < -0.4 is 0 Å². The van der Waals surface area contributed by atoms with Crippen LogP contribution in [0.2, 0.25) is 0 Å². The molecule has 0 amide bonds. The van der Waals surface area contributed by atoms with Crippen LogP contribution >= 0.6 is 0 Å². The van der Waals surface area contributed by atoms with E-state index >= 15 is 0 Å². The number of morpholine rings is 1. The Hall–Kier alpha value is -1.79. The number of nitrogens with zero attached hydrogens (tertiary/aromatic N) is 4. The number of hydrogen-bond acceptors (Lipinski definition) is 6. The van der Waals surface area contributed by atoms with Crippen LogP contribution in [-0.2, 0) is 11.3 Å². The monoisotopic (exact) mass is 314 g/mol. The lowest BCUT2D eigenvalue weighted by Gasteiger charge is -2.37. The van der Waals surface area contributed by atoms with Gasteiger partial charge in [0.05, 0.1) is 18.4 Å². The molecule has 122 valence electrons. The number of aromatic nitrogens is 3. The molecular weight excluding hydrogens is 292 g/mol. The summed E-state index contributed by atoms with van der Waals surface area (Å²) in [4.78, 5) is 11.5. The normalized spacial score (nSPS) is 25.7. The van der Waals surface area contributed by atoms with Crippen LogP contribution in [0.15, 0.2) is 22.9 Å². The molecule has 0 aromatic carbocycles. The molecule has 1 aliphatic heterocycles. The van der Waals surface area contributed by atoms with Gasteiger partial charge in [-0.3, -0.25) is 9.88 Å². The molecule has 6 heteroatoms. The predicted molar refractivity (Wildman–Crippen MR) is 83.8 cm³/mol. The minimum absolute atomic E-state index is 0.00911. The second-order valence-corrected chi connectivity index (χ2v) is 6.52. The van der Waals surface area contributed by atoms with Gasteiger partial charge in [-0.05, 0) is 38.3 Å². The minimum Gasteiger partial charge on any atom is -0.375 e. The third-order valence-electron chi connectivity index (χ3n) is 4.72. The standard InChI is InChI=1S/C17H22N4O2/c1-11-4-3-7-18-14(11)10-21-8-9-22-12(2)15(21)17-19-16(20-23-17)13-5-6-13/h3-4,7,12-13,15H,5-6,8-10H2,1-2H3/t12-,15+/m1/s1. The summed E-state index contributed by atoms with van der Waals surface area (Å²) in [6.07, 6.45) is 4.22. The molecule has 2 atom stereocenters. The van der Waals surface area contributed by atoms with Gasteiger partial charge in [0.15, 0.2) is 5.82 Å². The molecule has 23 heavy (non-hydrogen) atoms. The van der Waals surface area contributed by atoms with E-state index in [0.717, 1.165) is 24.6 Å². The maximum Gasteiger partial charge on any atom is 0.246 e. The van der Waals surface area contributed by atoms with Crippen molar-refractivity contribution in [3.05, 3.63) is 41.3 Å². The van der Waals surface area contributed by atoms with Crippen molar-refractivity contribution >= 4 is 0 Å². The average Bonchev–Trinajstić information content (AvgIpc) is 3.28. The molecule has 2 aliphatic rings. The zero-order valence-electron chi connectivity index (χ0n) is 13.6. The van der Waals surface area contributed by atoms with Crippen molar-refractivity contribution in [1.29, 1.82) is 0 Å². The Morgan fingerprint density at radius 2 is 2.22 bits per heavy atom. The number of pyridine rings is 1. The van der Waals surface area contributed by atoms with Gasteiger partial charge >= 0.3 is 0 Å². The van der Waals surface area contributed by atoms with Crippen molar-refractivity contribution in [2.24, 2.45) is 0 Å². The molecule has 4 rings (SSSR count). The quantitative estimate of drug-likeness (QED) is 0.864. The Labute approximate surface area is 135 Å². The van der Waals surface area contributed by atoms with Gasteiger partial charge in [-0.1, -0.05) is 11.2 Å². The fraction of sp³-hybridized carbons (Fsp3) is 0.588. The van der Waals surface area contributed by atoms with E-state index in [1.165, 1.54) is 18.4 Å².